The molecule has 1 radical (unpaired) electrons. The average Bonchev–Trinajstić information content (AvgIpc) is 3.75. The van der Waals surface area contributed by atoms with Crippen LogP contribution < -0.4 is 14.9 Å². The first kappa shape index (κ1) is 30.8. The quantitative estimate of drug-likeness (QED) is 0.271. The second kappa shape index (κ2) is 11.8. The Labute approximate surface area is 236 Å². The molecule has 3 aliphatic rings. The minimum atomic E-state index is -3.70. The number of amides is 1. The molecule has 0 saturated heterocycles. The third-order valence-electron chi connectivity index (χ3n) is 7.20. The van der Waals surface area contributed by atoms with Crippen molar-refractivity contribution >= 4 is 38.3 Å². The summed E-state index contributed by atoms with van der Waals surface area (Å²) in [6, 6.07) is 7.08. The maximum Gasteiger partial charge on any atom is 3.00 e. The van der Waals surface area contributed by atoms with E-state index in [4.69, 9.17) is 5.11 Å². The van der Waals surface area contributed by atoms with E-state index in [0.29, 0.717) is 30.3 Å². The molecule has 3 aliphatic carbocycles. The number of carbonyl (C=O) groups excluding carboxylic acids is 1. The SMILES string of the molecule is CN(C)[CH-]O.C[CH-]CN(C[CH-]C)c1cc(S(=O)(=O)NC2(C)CC2)cc2nc(NC(=O)C34CC3C4)ccc12.[Ni+3]. The predicted octanol–water partition coefficient (Wildman–Crippen LogP) is 3.71. The van der Waals surface area contributed by atoms with Crippen molar-refractivity contribution in [1.82, 2.24) is 14.6 Å². The monoisotopic (exact) mass is 586 g/mol. The van der Waals surface area contributed by atoms with Crippen LogP contribution in [-0.4, -0.2) is 62.0 Å². The van der Waals surface area contributed by atoms with Crippen molar-refractivity contribution in [2.75, 3.05) is 37.4 Å². The molecule has 3 N–H and O–H groups in total. The number of hydrogen-bond acceptors (Lipinski definition) is 7. The van der Waals surface area contributed by atoms with Crippen LogP contribution >= 0.6 is 0 Å². The summed E-state index contributed by atoms with van der Waals surface area (Å²) in [5.41, 5.74) is 0.852. The van der Waals surface area contributed by atoms with Gasteiger partial charge in [0.1, 0.15) is 5.82 Å². The van der Waals surface area contributed by atoms with Gasteiger partial charge in [-0.15, -0.1) is 13.1 Å². The van der Waals surface area contributed by atoms with E-state index in [1.807, 2.05) is 39.7 Å². The van der Waals surface area contributed by atoms with Gasteiger partial charge >= 0.3 is 16.5 Å². The van der Waals surface area contributed by atoms with Crippen molar-refractivity contribution in [3.05, 3.63) is 43.8 Å². The maximum atomic E-state index is 13.2. The molecular formula is C27H38N5NiO4S. The molecule has 2 aromatic rings. The van der Waals surface area contributed by atoms with Gasteiger partial charge < -0.3 is 33.1 Å². The maximum absolute atomic E-state index is 13.2. The van der Waals surface area contributed by atoms with Crippen molar-refractivity contribution in [2.24, 2.45) is 11.3 Å². The van der Waals surface area contributed by atoms with Crippen LogP contribution in [0.2, 0.25) is 0 Å². The molecule has 5 rings (SSSR count). The number of aliphatic hydroxyl groups is 1. The van der Waals surface area contributed by atoms with Gasteiger partial charge in [-0.05, 0) is 76.9 Å². The van der Waals surface area contributed by atoms with Crippen LogP contribution in [0.1, 0.15) is 46.5 Å². The van der Waals surface area contributed by atoms with Crippen LogP contribution in [0.5, 0.6) is 0 Å². The molecule has 9 nitrogen and oxygen atoms in total. The fraction of sp³-hybridized carbons (Fsp3) is 0.519. The van der Waals surface area contributed by atoms with Gasteiger partial charge in [0.05, 0.1) is 15.8 Å². The molecule has 38 heavy (non-hydrogen) atoms. The van der Waals surface area contributed by atoms with Crippen LogP contribution in [0.3, 0.4) is 0 Å². The van der Waals surface area contributed by atoms with Crippen LogP contribution in [-0.2, 0) is 31.3 Å². The van der Waals surface area contributed by atoms with E-state index in [1.54, 1.807) is 37.2 Å². The number of aliphatic hydroxyl groups excluding tert-OH is 1. The zero-order chi connectivity index (χ0) is 27.0. The minimum absolute atomic E-state index is 0. The third kappa shape index (κ3) is 6.86. The molecule has 0 aliphatic heterocycles. The number of hydrogen-bond donors (Lipinski definition) is 3. The molecule has 0 atom stereocenters. The van der Waals surface area contributed by atoms with Gasteiger partial charge in [-0.25, -0.2) is 18.1 Å². The number of aromatic nitrogens is 1. The summed E-state index contributed by atoms with van der Waals surface area (Å²) in [7, 11) is -0.200. The Morgan fingerprint density at radius 3 is 2.21 bits per heavy atom. The number of benzene rings is 1. The Bertz CT molecular complexity index is 1250. The normalized spacial score (nSPS) is 22.0. The molecule has 1 heterocycles. The molecule has 1 aromatic carbocycles. The van der Waals surface area contributed by atoms with E-state index in [1.165, 1.54) is 0 Å². The second-order valence-electron chi connectivity index (χ2n) is 10.9. The van der Waals surface area contributed by atoms with Gasteiger partial charge in [0.2, 0.25) is 15.9 Å². The summed E-state index contributed by atoms with van der Waals surface area (Å²) in [5, 5.41) is 11.7. The Morgan fingerprint density at radius 2 is 1.74 bits per heavy atom. The van der Waals surface area contributed by atoms with Crippen LogP contribution in [0, 0.1) is 30.9 Å². The fourth-order valence-corrected chi connectivity index (χ4v) is 5.88. The first-order valence-corrected chi connectivity index (χ1v) is 14.2. The van der Waals surface area contributed by atoms with E-state index in [2.05, 4.69) is 19.9 Å². The number of nitrogens with one attached hydrogen (secondary N) is 2. The predicted molar refractivity (Wildman–Crippen MR) is 146 cm³/mol. The Balaban J connectivity index is 0.000000612. The smallest absolute Gasteiger partial charge is 0.551 e. The number of sulfonamides is 1. The summed E-state index contributed by atoms with van der Waals surface area (Å²) in [4.78, 5) is 21.1. The first-order valence-electron chi connectivity index (χ1n) is 12.7. The van der Waals surface area contributed by atoms with Gasteiger partial charge in [0.25, 0.3) is 0 Å². The zero-order valence-electron chi connectivity index (χ0n) is 22.6. The molecule has 1 aromatic heterocycles. The van der Waals surface area contributed by atoms with Crippen molar-refractivity contribution in [2.45, 2.75) is 56.9 Å². The number of fused-ring (bicyclic) bond motifs is 2. The Kier molecular flexibility index (Phi) is 9.52. The minimum Gasteiger partial charge on any atom is -0.551 e. The van der Waals surface area contributed by atoms with Crippen molar-refractivity contribution in [3.8, 4) is 0 Å². The Morgan fingerprint density at radius 1 is 1.16 bits per heavy atom. The van der Waals surface area contributed by atoms with Gasteiger partial charge in [-0.3, -0.25) is 4.79 Å². The number of pyridine rings is 1. The number of carbonyl (C=O) groups is 1. The van der Waals surface area contributed by atoms with Crippen molar-refractivity contribution in [1.29, 1.82) is 0 Å². The average molecular weight is 587 g/mol. The number of nitrogens with zero attached hydrogens (tertiary/aromatic N) is 3. The molecule has 1 amide bonds. The van der Waals surface area contributed by atoms with E-state index >= 15 is 0 Å². The van der Waals surface area contributed by atoms with Crippen LogP contribution in [0.15, 0.2) is 29.2 Å². The van der Waals surface area contributed by atoms with E-state index in [0.717, 1.165) is 43.5 Å². The third-order valence-corrected chi connectivity index (χ3v) is 8.82. The molecule has 0 spiro atoms. The molecular weight excluding hydrogens is 549 g/mol. The first-order chi connectivity index (χ1) is 17.5. The topological polar surface area (TPSA) is 115 Å². The molecule has 11 heteroatoms. The van der Waals surface area contributed by atoms with Gasteiger partial charge in [-0.1, -0.05) is 0 Å². The van der Waals surface area contributed by atoms with Crippen LogP contribution in [0.25, 0.3) is 10.9 Å². The zero-order valence-corrected chi connectivity index (χ0v) is 24.4. The van der Waals surface area contributed by atoms with Gasteiger partial charge in [-0.2, -0.15) is 20.6 Å². The standard InChI is InChI=1S/C24H30N4O3S.C3H8NO.Ni/c1-4-10-28(11-5-2)20-13-17(32(30,31)27-23(3)8-9-23)12-19-18(20)6-7-21(25-19)26-22(29)24-14-16(24)15-24;1-4(2)3-5;/h4-7,12-13,16,27H,8-11,14-15H2,1-3H3,(H,25,26,29);3,5H,1-2H3;/q-2;-1;+3. The molecule has 3 fully saturated rings. The van der Waals surface area contributed by atoms with E-state index in [9.17, 15) is 13.2 Å². The van der Waals surface area contributed by atoms with Crippen LogP contribution in [0.4, 0.5) is 11.5 Å². The molecule has 211 valence electrons. The molecule has 0 unspecified atom stereocenters. The van der Waals surface area contributed by atoms with E-state index in [-0.39, 0.29) is 38.2 Å². The summed E-state index contributed by atoms with van der Waals surface area (Å²) in [6.45, 7) is 8.24. The van der Waals surface area contributed by atoms with Crippen molar-refractivity contribution in [3.63, 3.8) is 0 Å². The largest absolute Gasteiger partial charge is 3.00 e. The fourth-order valence-electron chi connectivity index (χ4n) is 4.38. The molecule has 0 bridgehead atoms. The number of anilines is 2. The van der Waals surface area contributed by atoms with Gasteiger partial charge in [0, 0.05) is 16.6 Å². The second-order valence-corrected chi connectivity index (χ2v) is 12.6. The Hall–Kier alpha value is -1.78. The summed E-state index contributed by atoms with van der Waals surface area (Å²) in [5.74, 6) is 1.04. The van der Waals surface area contributed by atoms with Crippen molar-refractivity contribution < 1.29 is 34.8 Å². The summed E-state index contributed by atoms with van der Waals surface area (Å²) < 4.78 is 29.2. The number of rotatable bonds is 11. The summed E-state index contributed by atoms with van der Waals surface area (Å²) >= 11 is 0. The van der Waals surface area contributed by atoms with Gasteiger partial charge in [0.15, 0.2) is 0 Å². The summed E-state index contributed by atoms with van der Waals surface area (Å²) in [6.07, 6.45) is 7.71. The van der Waals surface area contributed by atoms with E-state index < -0.39 is 10.0 Å². The molecule has 3 saturated carbocycles.